The Balaban J connectivity index is 3.10. The van der Waals surface area contributed by atoms with Crippen molar-refractivity contribution in [2.24, 2.45) is 0 Å². The summed E-state index contributed by atoms with van der Waals surface area (Å²) in [5, 5.41) is 2.69. The molecule has 82 valence electrons. The highest BCUT2D eigenvalue weighted by atomic mass is 16.5. The van der Waals surface area contributed by atoms with Gasteiger partial charge in [0.05, 0.1) is 0 Å². The zero-order valence-electron chi connectivity index (χ0n) is 9.05. The molecule has 0 saturated heterocycles. The maximum atomic E-state index is 10.9. The largest absolute Gasteiger partial charge is 0.445 e. The Morgan fingerprint density at radius 3 is 2.71 bits per heavy atom. The van der Waals surface area contributed by atoms with Gasteiger partial charge in [0.2, 0.25) is 0 Å². The Bertz CT molecular complexity index is 157. The highest BCUT2D eigenvalue weighted by molar-refractivity contribution is 5.67. The van der Waals surface area contributed by atoms with E-state index in [4.69, 9.17) is 4.74 Å². The van der Waals surface area contributed by atoms with Crippen LogP contribution in [0, 0.1) is 0 Å². The van der Waals surface area contributed by atoms with Crippen LogP contribution in [-0.4, -0.2) is 19.2 Å². The van der Waals surface area contributed by atoms with E-state index in [0.29, 0.717) is 6.54 Å². The lowest BCUT2D eigenvalue weighted by Gasteiger charge is -2.04. The fourth-order valence-corrected chi connectivity index (χ4v) is 1.10. The van der Waals surface area contributed by atoms with Crippen LogP contribution < -0.4 is 5.32 Å². The number of rotatable bonds is 8. The summed E-state index contributed by atoms with van der Waals surface area (Å²) < 4.78 is 4.75. The van der Waals surface area contributed by atoms with Crippen molar-refractivity contribution in [2.75, 3.05) is 13.2 Å². The molecule has 0 atom stereocenters. The number of carbonyl (C=O) groups is 1. The molecule has 0 fully saturated rings. The molecule has 0 radical (unpaired) electrons. The second-order valence-corrected chi connectivity index (χ2v) is 3.23. The Hall–Kier alpha value is -0.990. The summed E-state index contributed by atoms with van der Waals surface area (Å²) in [7, 11) is 0. The van der Waals surface area contributed by atoms with E-state index in [-0.39, 0.29) is 12.7 Å². The van der Waals surface area contributed by atoms with Gasteiger partial charge in [-0.15, -0.1) is 0 Å². The fourth-order valence-electron chi connectivity index (χ4n) is 1.10. The molecular weight excluding hydrogens is 178 g/mol. The molecule has 0 aliphatic carbocycles. The van der Waals surface area contributed by atoms with Crippen LogP contribution in [0.2, 0.25) is 0 Å². The second-order valence-electron chi connectivity index (χ2n) is 3.23. The number of unbranched alkanes of at least 4 members (excludes halogenated alkanes) is 4. The average molecular weight is 199 g/mol. The van der Waals surface area contributed by atoms with Gasteiger partial charge in [0.1, 0.15) is 6.61 Å². The van der Waals surface area contributed by atoms with Crippen molar-refractivity contribution in [3.05, 3.63) is 12.7 Å². The van der Waals surface area contributed by atoms with Gasteiger partial charge < -0.3 is 10.1 Å². The van der Waals surface area contributed by atoms with Gasteiger partial charge in [-0.05, 0) is 6.42 Å². The van der Waals surface area contributed by atoms with Crippen LogP contribution in [-0.2, 0) is 4.74 Å². The second kappa shape index (κ2) is 10.1. The molecule has 0 aromatic carbocycles. The van der Waals surface area contributed by atoms with Crippen LogP contribution in [0.1, 0.15) is 39.0 Å². The third-order valence-electron chi connectivity index (χ3n) is 1.88. The number of ether oxygens (including phenoxy) is 1. The highest BCUT2D eigenvalue weighted by Gasteiger charge is 1.97. The Morgan fingerprint density at radius 1 is 1.36 bits per heavy atom. The smallest absolute Gasteiger partial charge is 0.407 e. The van der Waals surface area contributed by atoms with Crippen LogP contribution in [0.4, 0.5) is 4.79 Å². The first-order chi connectivity index (χ1) is 6.81. The van der Waals surface area contributed by atoms with Gasteiger partial charge in [-0.3, -0.25) is 0 Å². The lowest BCUT2D eigenvalue weighted by Crippen LogP contribution is -2.25. The van der Waals surface area contributed by atoms with Crippen molar-refractivity contribution in [1.82, 2.24) is 5.32 Å². The van der Waals surface area contributed by atoms with Crippen molar-refractivity contribution in [3.63, 3.8) is 0 Å². The Kier molecular flexibility index (Phi) is 9.38. The minimum Gasteiger partial charge on any atom is -0.445 e. The lowest BCUT2D eigenvalue weighted by molar-refractivity contribution is 0.158. The minimum atomic E-state index is -0.347. The van der Waals surface area contributed by atoms with Crippen molar-refractivity contribution < 1.29 is 9.53 Å². The summed E-state index contributed by atoms with van der Waals surface area (Å²) in [4.78, 5) is 10.9. The van der Waals surface area contributed by atoms with Gasteiger partial charge in [0, 0.05) is 6.54 Å². The standard InChI is InChI=1S/C11H21NO2/c1-3-5-6-7-8-9-12-11(13)14-10-4-2/h4H,2-3,5-10H2,1H3,(H,12,13). The van der Waals surface area contributed by atoms with E-state index in [1.54, 1.807) is 6.08 Å². The van der Waals surface area contributed by atoms with Crippen molar-refractivity contribution in [2.45, 2.75) is 39.0 Å². The SMILES string of the molecule is C=CCOC(=O)NCCCCCCC. The fraction of sp³-hybridized carbons (Fsp3) is 0.727. The average Bonchev–Trinajstić information content (AvgIpc) is 2.20. The van der Waals surface area contributed by atoms with E-state index in [2.05, 4.69) is 18.8 Å². The number of hydrogen-bond acceptors (Lipinski definition) is 2. The number of amides is 1. The first-order valence-electron chi connectivity index (χ1n) is 5.32. The molecule has 0 bridgehead atoms. The maximum Gasteiger partial charge on any atom is 0.407 e. The van der Waals surface area contributed by atoms with Crippen LogP contribution in [0.25, 0.3) is 0 Å². The highest BCUT2D eigenvalue weighted by Crippen LogP contribution is 2.00. The third-order valence-corrected chi connectivity index (χ3v) is 1.88. The van der Waals surface area contributed by atoms with E-state index in [1.165, 1.54) is 25.7 Å². The molecule has 0 aliphatic rings. The number of carbonyl (C=O) groups excluding carboxylic acids is 1. The molecule has 3 nitrogen and oxygen atoms in total. The van der Waals surface area contributed by atoms with E-state index in [9.17, 15) is 4.79 Å². The molecule has 0 heterocycles. The molecule has 0 unspecified atom stereocenters. The molecule has 3 heteroatoms. The predicted octanol–water partition coefficient (Wildman–Crippen LogP) is 2.87. The first kappa shape index (κ1) is 13.0. The van der Waals surface area contributed by atoms with Gasteiger partial charge in [-0.2, -0.15) is 0 Å². The summed E-state index contributed by atoms with van der Waals surface area (Å²) in [6, 6.07) is 0. The van der Waals surface area contributed by atoms with Gasteiger partial charge >= 0.3 is 6.09 Å². The molecular formula is C11H21NO2. The molecule has 1 amide bonds. The van der Waals surface area contributed by atoms with Gasteiger partial charge in [0.15, 0.2) is 0 Å². The summed E-state index contributed by atoms with van der Waals surface area (Å²) in [5.74, 6) is 0. The molecule has 0 spiro atoms. The quantitative estimate of drug-likeness (QED) is 0.482. The summed E-state index contributed by atoms with van der Waals surface area (Å²) in [5.41, 5.74) is 0. The van der Waals surface area contributed by atoms with Crippen LogP contribution in [0.15, 0.2) is 12.7 Å². The minimum absolute atomic E-state index is 0.279. The molecule has 0 aromatic rings. The van der Waals surface area contributed by atoms with Gasteiger partial charge in [-0.25, -0.2) is 4.79 Å². The van der Waals surface area contributed by atoms with E-state index >= 15 is 0 Å². The van der Waals surface area contributed by atoms with Crippen LogP contribution >= 0.6 is 0 Å². The molecule has 0 aromatic heterocycles. The number of hydrogen-bond donors (Lipinski definition) is 1. The molecule has 0 aliphatic heterocycles. The number of nitrogens with one attached hydrogen (secondary N) is 1. The molecule has 14 heavy (non-hydrogen) atoms. The molecule has 0 rings (SSSR count). The van der Waals surface area contributed by atoms with E-state index in [0.717, 1.165) is 6.42 Å². The van der Waals surface area contributed by atoms with Gasteiger partial charge in [-0.1, -0.05) is 45.3 Å². The monoisotopic (exact) mass is 199 g/mol. The molecule has 0 saturated carbocycles. The van der Waals surface area contributed by atoms with E-state index < -0.39 is 0 Å². The number of alkyl carbamates (subject to hydrolysis) is 1. The Labute approximate surface area is 86.5 Å². The first-order valence-corrected chi connectivity index (χ1v) is 5.32. The Morgan fingerprint density at radius 2 is 2.07 bits per heavy atom. The zero-order chi connectivity index (χ0) is 10.6. The summed E-state index contributed by atoms with van der Waals surface area (Å²) in [6.07, 6.45) is 7.19. The van der Waals surface area contributed by atoms with Crippen LogP contribution in [0.3, 0.4) is 0 Å². The normalized spacial score (nSPS) is 9.50. The van der Waals surface area contributed by atoms with Crippen LogP contribution in [0.5, 0.6) is 0 Å². The predicted molar refractivity (Wildman–Crippen MR) is 58.3 cm³/mol. The lowest BCUT2D eigenvalue weighted by atomic mass is 10.1. The summed E-state index contributed by atoms with van der Waals surface area (Å²) >= 11 is 0. The van der Waals surface area contributed by atoms with Crippen molar-refractivity contribution in [1.29, 1.82) is 0 Å². The zero-order valence-corrected chi connectivity index (χ0v) is 9.05. The van der Waals surface area contributed by atoms with Crippen molar-refractivity contribution >= 4 is 6.09 Å². The topological polar surface area (TPSA) is 38.3 Å². The summed E-state index contributed by atoms with van der Waals surface area (Å²) in [6.45, 7) is 6.63. The molecule has 1 N–H and O–H groups in total. The van der Waals surface area contributed by atoms with Crippen molar-refractivity contribution in [3.8, 4) is 0 Å². The maximum absolute atomic E-state index is 10.9. The third kappa shape index (κ3) is 9.10. The van der Waals surface area contributed by atoms with Gasteiger partial charge in [0.25, 0.3) is 0 Å². The van der Waals surface area contributed by atoms with E-state index in [1.807, 2.05) is 0 Å².